The Kier molecular flexibility index (Phi) is 7.10. The molecule has 0 aromatic heterocycles. The van der Waals surface area contributed by atoms with Crippen LogP contribution in [0, 0.1) is 11.2 Å². The predicted octanol–water partition coefficient (Wildman–Crippen LogP) is 3.16. The van der Waals surface area contributed by atoms with Gasteiger partial charge in [0.2, 0.25) is 5.91 Å². The second-order valence-corrected chi connectivity index (χ2v) is 6.57. The summed E-state index contributed by atoms with van der Waals surface area (Å²) in [6, 6.07) is 3.84. The summed E-state index contributed by atoms with van der Waals surface area (Å²) in [6.45, 7) is 6.33. The Morgan fingerprint density at radius 2 is 2.18 bits per heavy atom. The molecular weight excluding hydrogens is 309 g/mol. The van der Waals surface area contributed by atoms with Gasteiger partial charge in [-0.25, -0.2) is 4.39 Å². The minimum atomic E-state index is -0.435. The molecule has 0 aliphatic rings. The number of ether oxygens (including phenoxy) is 1. The van der Waals surface area contributed by atoms with E-state index in [1.165, 1.54) is 12.1 Å². The predicted molar refractivity (Wildman–Crippen MR) is 84.6 cm³/mol. The number of carbonyl (C=O) groups excluding carboxylic acids is 1. The van der Waals surface area contributed by atoms with E-state index >= 15 is 0 Å². The quantitative estimate of drug-likeness (QED) is 0.769. The van der Waals surface area contributed by atoms with Crippen molar-refractivity contribution in [3.8, 4) is 5.75 Å². The second kappa shape index (κ2) is 8.34. The summed E-state index contributed by atoms with van der Waals surface area (Å²) in [5.41, 5.74) is -0.176. The van der Waals surface area contributed by atoms with Crippen LogP contribution in [0.15, 0.2) is 18.2 Å². The third kappa shape index (κ3) is 7.09. The molecule has 1 unspecified atom stereocenters. The second-order valence-electron chi connectivity index (χ2n) is 6.17. The standard InChI is InChI=1S/C16H23ClFNO3/c1-11(20)9-16(2,3)10-19-15(21)6-7-22-14-5-4-12(18)8-13(14)17/h4-5,8,11,20H,6-7,9-10H2,1-3H3,(H,19,21). The van der Waals surface area contributed by atoms with Gasteiger partial charge >= 0.3 is 0 Å². The van der Waals surface area contributed by atoms with Gasteiger partial charge in [0, 0.05) is 6.54 Å². The van der Waals surface area contributed by atoms with E-state index in [1.807, 2.05) is 13.8 Å². The van der Waals surface area contributed by atoms with E-state index in [-0.39, 0.29) is 29.4 Å². The van der Waals surface area contributed by atoms with Crippen molar-refractivity contribution in [2.75, 3.05) is 13.2 Å². The molecule has 1 aromatic carbocycles. The van der Waals surface area contributed by atoms with Crippen LogP contribution in [0.2, 0.25) is 5.02 Å². The minimum absolute atomic E-state index is 0.142. The van der Waals surface area contributed by atoms with Crippen molar-refractivity contribution in [3.63, 3.8) is 0 Å². The van der Waals surface area contributed by atoms with E-state index in [9.17, 15) is 14.3 Å². The van der Waals surface area contributed by atoms with Gasteiger partial charge in [-0.1, -0.05) is 25.4 Å². The number of carbonyl (C=O) groups is 1. The molecule has 124 valence electrons. The molecule has 0 heterocycles. The highest BCUT2D eigenvalue weighted by Crippen LogP contribution is 2.25. The van der Waals surface area contributed by atoms with Crippen LogP contribution in [0.1, 0.15) is 33.6 Å². The molecule has 1 amide bonds. The van der Waals surface area contributed by atoms with Crippen LogP contribution in [0.3, 0.4) is 0 Å². The molecule has 0 bridgehead atoms. The number of aliphatic hydroxyl groups excluding tert-OH is 1. The average Bonchev–Trinajstić information content (AvgIpc) is 2.37. The molecule has 1 atom stereocenters. The Morgan fingerprint density at radius 1 is 1.50 bits per heavy atom. The first-order chi connectivity index (χ1) is 10.2. The van der Waals surface area contributed by atoms with Gasteiger partial charge in [-0.15, -0.1) is 0 Å². The lowest BCUT2D eigenvalue weighted by Crippen LogP contribution is -2.36. The molecule has 1 rings (SSSR count). The summed E-state index contributed by atoms with van der Waals surface area (Å²) in [5.74, 6) is -0.224. The first kappa shape index (κ1) is 18.7. The molecule has 0 fully saturated rings. The summed E-state index contributed by atoms with van der Waals surface area (Å²) in [5, 5.41) is 12.4. The smallest absolute Gasteiger partial charge is 0.223 e. The summed E-state index contributed by atoms with van der Waals surface area (Å²) in [4.78, 5) is 11.8. The molecular formula is C16H23ClFNO3. The highest BCUT2D eigenvalue weighted by molar-refractivity contribution is 6.32. The van der Waals surface area contributed by atoms with Crippen LogP contribution in [-0.2, 0) is 4.79 Å². The zero-order valence-electron chi connectivity index (χ0n) is 13.2. The summed E-state index contributed by atoms with van der Waals surface area (Å²) < 4.78 is 18.2. The van der Waals surface area contributed by atoms with E-state index in [0.29, 0.717) is 18.7 Å². The molecule has 0 spiro atoms. The van der Waals surface area contributed by atoms with Crippen molar-refractivity contribution in [2.24, 2.45) is 5.41 Å². The fourth-order valence-electron chi connectivity index (χ4n) is 2.14. The number of hydrogen-bond donors (Lipinski definition) is 2. The lowest BCUT2D eigenvalue weighted by atomic mass is 9.87. The molecule has 6 heteroatoms. The van der Waals surface area contributed by atoms with Crippen molar-refractivity contribution >= 4 is 17.5 Å². The molecule has 22 heavy (non-hydrogen) atoms. The monoisotopic (exact) mass is 331 g/mol. The van der Waals surface area contributed by atoms with E-state index in [2.05, 4.69) is 5.32 Å². The normalized spacial score (nSPS) is 12.8. The van der Waals surface area contributed by atoms with Gasteiger partial charge in [-0.2, -0.15) is 0 Å². The van der Waals surface area contributed by atoms with Crippen molar-refractivity contribution < 1.29 is 19.0 Å². The van der Waals surface area contributed by atoms with Gasteiger partial charge in [-0.05, 0) is 37.0 Å². The molecule has 2 N–H and O–H groups in total. The first-order valence-corrected chi connectivity index (χ1v) is 7.60. The third-order valence-electron chi connectivity index (χ3n) is 3.09. The number of hydrogen-bond acceptors (Lipinski definition) is 3. The zero-order chi connectivity index (χ0) is 16.8. The van der Waals surface area contributed by atoms with E-state index in [1.54, 1.807) is 6.92 Å². The first-order valence-electron chi connectivity index (χ1n) is 7.22. The number of rotatable bonds is 8. The maximum Gasteiger partial charge on any atom is 0.223 e. The van der Waals surface area contributed by atoms with Gasteiger partial charge in [-0.3, -0.25) is 4.79 Å². The van der Waals surface area contributed by atoms with Gasteiger partial charge in [0.05, 0.1) is 24.2 Å². The zero-order valence-corrected chi connectivity index (χ0v) is 13.9. The number of benzene rings is 1. The van der Waals surface area contributed by atoms with Crippen molar-refractivity contribution in [2.45, 2.75) is 39.7 Å². The highest BCUT2D eigenvalue weighted by Gasteiger charge is 2.21. The lowest BCUT2D eigenvalue weighted by Gasteiger charge is -2.26. The summed E-state index contributed by atoms with van der Waals surface area (Å²) >= 11 is 5.83. The van der Waals surface area contributed by atoms with Crippen LogP contribution in [0.4, 0.5) is 4.39 Å². The Labute approximate surface area is 135 Å². The molecule has 4 nitrogen and oxygen atoms in total. The van der Waals surface area contributed by atoms with Crippen LogP contribution < -0.4 is 10.1 Å². The van der Waals surface area contributed by atoms with Crippen molar-refractivity contribution in [1.82, 2.24) is 5.32 Å². The Balaban J connectivity index is 2.31. The minimum Gasteiger partial charge on any atom is -0.491 e. The number of aliphatic hydroxyl groups is 1. The fourth-order valence-corrected chi connectivity index (χ4v) is 2.37. The fraction of sp³-hybridized carbons (Fsp3) is 0.562. The Morgan fingerprint density at radius 3 is 2.77 bits per heavy atom. The van der Waals surface area contributed by atoms with Crippen molar-refractivity contribution in [3.05, 3.63) is 29.0 Å². The number of nitrogens with one attached hydrogen (secondary N) is 1. The van der Waals surface area contributed by atoms with Crippen LogP contribution in [0.25, 0.3) is 0 Å². The van der Waals surface area contributed by atoms with Gasteiger partial charge in [0.15, 0.2) is 0 Å². The summed E-state index contributed by atoms with van der Waals surface area (Å²) in [7, 11) is 0. The van der Waals surface area contributed by atoms with Crippen LogP contribution in [0.5, 0.6) is 5.75 Å². The molecule has 0 saturated carbocycles. The number of amides is 1. The SMILES string of the molecule is CC(O)CC(C)(C)CNC(=O)CCOc1ccc(F)cc1Cl. The molecule has 1 aromatic rings. The Bertz CT molecular complexity index is 506. The Hall–Kier alpha value is -1.33. The van der Waals surface area contributed by atoms with E-state index in [4.69, 9.17) is 16.3 Å². The molecule has 0 aliphatic carbocycles. The third-order valence-corrected chi connectivity index (χ3v) is 3.39. The maximum atomic E-state index is 12.9. The maximum absolute atomic E-state index is 12.9. The lowest BCUT2D eigenvalue weighted by molar-refractivity contribution is -0.122. The van der Waals surface area contributed by atoms with Gasteiger partial charge in [0.1, 0.15) is 11.6 Å². The molecule has 0 saturated heterocycles. The van der Waals surface area contributed by atoms with Crippen molar-refractivity contribution in [1.29, 1.82) is 0 Å². The van der Waals surface area contributed by atoms with E-state index in [0.717, 1.165) is 6.07 Å². The van der Waals surface area contributed by atoms with Gasteiger partial charge in [0.25, 0.3) is 0 Å². The van der Waals surface area contributed by atoms with Crippen LogP contribution in [-0.4, -0.2) is 30.3 Å². The van der Waals surface area contributed by atoms with Gasteiger partial charge < -0.3 is 15.2 Å². The largest absolute Gasteiger partial charge is 0.491 e. The topological polar surface area (TPSA) is 58.6 Å². The number of halogens is 2. The van der Waals surface area contributed by atoms with E-state index < -0.39 is 11.9 Å². The highest BCUT2D eigenvalue weighted by atomic mass is 35.5. The average molecular weight is 332 g/mol. The molecule has 0 radical (unpaired) electrons. The summed E-state index contributed by atoms with van der Waals surface area (Å²) in [6.07, 6.45) is 0.379. The molecule has 0 aliphatic heterocycles. The van der Waals surface area contributed by atoms with Crippen LogP contribution >= 0.6 is 11.6 Å².